The van der Waals surface area contributed by atoms with Gasteiger partial charge < -0.3 is 51.7 Å². The predicted octanol–water partition coefficient (Wildman–Crippen LogP) is 6.21. The van der Waals surface area contributed by atoms with Crippen LogP contribution in [0.5, 0.6) is 0 Å². The van der Waals surface area contributed by atoms with Crippen molar-refractivity contribution < 1.29 is 40.2 Å². The van der Waals surface area contributed by atoms with Gasteiger partial charge in [0.15, 0.2) is 5.78 Å². The first-order chi connectivity index (χ1) is 31.1. The van der Waals surface area contributed by atoms with E-state index in [2.05, 4.69) is 35.8 Å². The summed E-state index contributed by atoms with van der Waals surface area (Å²) in [5.74, 6) is -0.696. The minimum absolute atomic E-state index is 0.0209. The second kappa shape index (κ2) is 17.4. The van der Waals surface area contributed by atoms with E-state index in [-0.39, 0.29) is 67.0 Å². The lowest BCUT2D eigenvalue weighted by molar-refractivity contribution is -0.265. The van der Waals surface area contributed by atoms with Crippen LogP contribution >= 0.6 is 0 Å². The third-order valence-corrected chi connectivity index (χ3v) is 20.6. The molecule has 19 atom stereocenters. The third kappa shape index (κ3) is 7.18. The summed E-state index contributed by atoms with van der Waals surface area (Å²) < 4.78 is 7.22. The standard InChI is InChI=1S/C54H83N3O8/c1-4-10-32-14-19-37-38-13-8-9-23-54(64,49(38)65-42(37)20-15-32)50(3,62)43-22-24-53(63)46-45-34(27-52(43,53)36-11-6-5-7-12-36)17-16-33(35-18-21-44(55)56-30-35)26-51(45)28-41(60)40(59)25-39(51)48(61)47(46)57-29-31(2)58/h16-18,21,30-34,36-45,49,56-60,62-64H,4-15,19-20,22-29,55H2,1-3H3/t31-,32-,33-,34+,37-,38-,39-,40+,41-,42+,43+,44?,45-,49+,50+,51-,52-,53+,54+/m0/s1. The minimum atomic E-state index is -1.64. The zero-order chi connectivity index (χ0) is 45.7. The lowest BCUT2D eigenvalue weighted by Gasteiger charge is -2.67. The number of hydrogen-bond donors (Lipinski definition) is 9. The van der Waals surface area contributed by atoms with E-state index in [1.807, 2.05) is 19.2 Å². The van der Waals surface area contributed by atoms with Crippen LogP contribution in [0.2, 0.25) is 0 Å². The molecule has 11 heteroatoms. The minimum Gasteiger partial charge on any atom is -0.392 e. The van der Waals surface area contributed by atoms with Crippen LogP contribution < -0.4 is 16.4 Å². The molecule has 65 heavy (non-hydrogen) atoms. The first-order valence-corrected chi connectivity index (χ1v) is 26.6. The lowest BCUT2D eigenvalue weighted by Crippen LogP contribution is -2.72. The van der Waals surface area contributed by atoms with Gasteiger partial charge in [-0.15, -0.1) is 0 Å². The number of ether oxygens (including phenoxy) is 1. The van der Waals surface area contributed by atoms with Crippen molar-refractivity contribution in [2.75, 3.05) is 6.54 Å². The molecule has 0 aromatic rings. The number of allylic oxidation sites excluding steroid dienone is 5. The Morgan fingerprint density at radius 3 is 2.43 bits per heavy atom. The maximum absolute atomic E-state index is 15.7. The number of carbonyl (C=O) groups excluding carboxylic acids is 1. The Kier molecular flexibility index (Phi) is 12.5. The maximum Gasteiger partial charge on any atom is 0.182 e. The molecular formula is C54H83N3O8. The van der Waals surface area contributed by atoms with Crippen molar-refractivity contribution in [3.63, 3.8) is 0 Å². The highest BCUT2D eigenvalue weighted by Gasteiger charge is 2.78. The Hall–Kier alpha value is -2.09. The summed E-state index contributed by atoms with van der Waals surface area (Å²) in [6.45, 7) is 5.99. The van der Waals surface area contributed by atoms with Gasteiger partial charge in [0.2, 0.25) is 0 Å². The van der Waals surface area contributed by atoms with Gasteiger partial charge in [-0.1, -0.05) is 76.5 Å². The fraction of sp³-hybridized carbons (Fsp3) is 0.833. The van der Waals surface area contributed by atoms with E-state index in [1.165, 1.54) is 19.3 Å². The summed E-state index contributed by atoms with van der Waals surface area (Å²) in [5, 5.41) is 83.0. The van der Waals surface area contributed by atoms with Crippen molar-refractivity contribution in [3.05, 3.63) is 47.3 Å². The molecule has 362 valence electrons. The molecule has 7 fully saturated rings. The van der Waals surface area contributed by atoms with Crippen molar-refractivity contribution in [2.24, 2.45) is 69.8 Å². The number of Topliss-reactive ketones (excluding diaryl/α,β-unsaturated/α-hetero) is 1. The van der Waals surface area contributed by atoms with Crippen molar-refractivity contribution >= 4 is 5.78 Å². The summed E-state index contributed by atoms with van der Waals surface area (Å²) in [7, 11) is 0. The van der Waals surface area contributed by atoms with E-state index in [0.29, 0.717) is 49.3 Å². The van der Waals surface area contributed by atoms with Crippen molar-refractivity contribution in [1.82, 2.24) is 10.6 Å². The molecule has 0 amide bonds. The van der Waals surface area contributed by atoms with Gasteiger partial charge in [-0.2, -0.15) is 0 Å². The second-order valence-corrected chi connectivity index (χ2v) is 23.9. The van der Waals surface area contributed by atoms with Gasteiger partial charge in [0.25, 0.3) is 0 Å². The summed E-state index contributed by atoms with van der Waals surface area (Å²) in [4.78, 5) is 15.7. The maximum atomic E-state index is 15.7. The molecule has 1 unspecified atom stereocenters. The smallest absolute Gasteiger partial charge is 0.182 e. The number of aliphatic hydroxyl groups is 6. The molecule has 0 aromatic carbocycles. The Labute approximate surface area is 388 Å². The van der Waals surface area contributed by atoms with Gasteiger partial charge >= 0.3 is 0 Å². The van der Waals surface area contributed by atoms with Gasteiger partial charge in [0.05, 0.1) is 53.6 Å². The van der Waals surface area contributed by atoms with Crippen LogP contribution in [0.25, 0.3) is 0 Å². The number of carbonyl (C=O) groups is 1. The fourth-order valence-electron chi connectivity index (χ4n) is 17.9. The summed E-state index contributed by atoms with van der Waals surface area (Å²) in [6, 6.07) is 0. The second-order valence-electron chi connectivity index (χ2n) is 23.9. The SMILES string of the molecule is CCC[C@H]1CC[C@H]2[C@@H]3CCCC[C@](O)([C@](C)(O)[C@H]4CC[C@@]5(O)C6=C(NC[C@H](C)O)C(=O)[C@@H]7C[C@@H](O)[C@@H](O)C[C@@]78C[C@@H](C7=CNC(N)C=C7)C=C[C@H](C[C@]45C4CCCCC4)[C@@H]68)[C@@H]3O[C@@H]2CC1. The number of nitrogens with one attached hydrogen (secondary N) is 2. The highest BCUT2D eigenvalue weighted by atomic mass is 16.5. The highest BCUT2D eigenvalue weighted by molar-refractivity contribution is 6.00. The Morgan fingerprint density at radius 1 is 0.923 bits per heavy atom. The third-order valence-electron chi connectivity index (χ3n) is 20.6. The molecule has 0 radical (unpaired) electrons. The molecule has 10 N–H and O–H groups in total. The monoisotopic (exact) mass is 902 g/mol. The number of rotatable bonds is 9. The van der Waals surface area contributed by atoms with Crippen molar-refractivity contribution in [1.29, 1.82) is 0 Å². The van der Waals surface area contributed by atoms with Gasteiger partial charge in [0.1, 0.15) is 5.60 Å². The fourth-order valence-corrected chi connectivity index (χ4v) is 17.9. The van der Waals surface area contributed by atoms with Crippen molar-refractivity contribution in [3.8, 4) is 0 Å². The number of ketones is 1. The lowest BCUT2D eigenvalue weighted by atomic mass is 9.38. The average Bonchev–Trinajstić information content (AvgIpc) is 3.57. The summed E-state index contributed by atoms with van der Waals surface area (Å²) in [6.07, 6.45) is 24.3. The zero-order valence-electron chi connectivity index (χ0n) is 39.7. The molecule has 2 heterocycles. The molecule has 0 aromatic heterocycles. The quantitative estimate of drug-likeness (QED) is 0.119. The molecule has 0 bridgehead atoms. The van der Waals surface area contributed by atoms with E-state index in [1.54, 1.807) is 6.92 Å². The first kappa shape index (κ1) is 46.6. The number of nitrogens with two attached hydrogens (primary N) is 1. The van der Waals surface area contributed by atoms with Gasteiger partial charge in [-0.3, -0.25) is 4.79 Å². The largest absolute Gasteiger partial charge is 0.392 e. The Morgan fingerprint density at radius 2 is 1.69 bits per heavy atom. The molecule has 2 aliphatic heterocycles. The first-order valence-electron chi connectivity index (χ1n) is 26.6. The average molecular weight is 902 g/mol. The zero-order valence-corrected chi connectivity index (χ0v) is 39.7. The van der Waals surface area contributed by atoms with Crippen LogP contribution in [0, 0.1) is 64.1 Å². The number of fused-ring (bicyclic) bond motifs is 5. The highest BCUT2D eigenvalue weighted by Crippen LogP contribution is 2.76. The van der Waals surface area contributed by atoms with Crippen LogP contribution in [0.4, 0.5) is 0 Å². The van der Waals surface area contributed by atoms with Crippen LogP contribution in [0.15, 0.2) is 47.3 Å². The van der Waals surface area contributed by atoms with Crippen LogP contribution in [0.3, 0.4) is 0 Å². The molecule has 6 saturated carbocycles. The Balaban J connectivity index is 1.14. The molecule has 11 nitrogen and oxygen atoms in total. The van der Waals surface area contributed by atoms with Gasteiger partial charge in [-0.25, -0.2) is 0 Å². The van der Waals surface area contributed by atoms with Gasteiger partial charge in [0, 0.05) is 30.0 Å². The summed E-state index contributed by atoms with van der Waals surface area (Å²) >= 11 is 0. The summed E-state index contributed by atoms with van der Waals surface area (Å²) in [5.41, 5.74) is 1.88. The van der Waals surface area contributed by atoms with E-state index >= 15 is 4.79 Å². The molecule has 10 rings (SSSR count). The number of hydrogen-bond acceptors (Lipinski definition) is 11. The number of aliphatic hydroxyl groups excluding tert-OH is 3. The predicted molar refractivity (Wildman–Crippen MR) is 249 cm³/mol. The molecule has 8 aliphatic carbocycles. The normalized spacial score (nSPS) is 48.8. The van der Waals surface area contributed by atoms with Crippen LogP contribution in [-0.2, 0) is 9.53 Å². The molecular weight excluding hydrogens is 819 g/mol. The molecule has 1 saturated heterocycles. The molecule has 1 spiro atoms. The van der Waals surface area contributed by atoms with Gasteiger partial charge in [-0.05, 0) is 161 Å². The van der Waals surface area contributed by atoms with Crippen molar-refractivity contribution in [2.45, 2.75) is 209 Å². The van der Waals surface area contributed by atoms with E-state index in [0.717, 1.165) is 82.1 Å². The topological polar surface area (TPSA) is 198 Å². The van der Waals surface area contributed by atoms with E-state index < -0.39 is 63.9 Å². The molecule has 10 aliphatic rings. The Bertz CT molecular complexity index is 1920. The van der Waals surface area contributed by atoms with E-state index in [4.69, 9.17) is 10.5 Å². The number of dihydropyridines is 1. The van der Waals surface area contributed by atoms with Crippen LogP contribution in [0.1, 0.15) is 156 Å². The van der Waals surface area contributed by atoms with Crippen LogP contribution in [-0.4, -0.2) is 96.5 Å². The van der Waals surface area contributed by atoms with E-state index in [9.17, 15) is 30.6 Å².